The van der Waals surface area contributed by atoms with Gasteiger partial charge in [-0.3, -0.25) is 19.7 Å². The Balaban J connectivity index is 1.79. The fourth-order valence-corrected chi connectivity index (χ4v) is 2.97. The molecular formula is C14H19N5O3. The number of aromatic nitrogens is 4. The van der Waals surface area contributed by atoms with Crippen molar-refractivity contribution in [3.63, 3.8) is 0 Å². The van der Waals surface area contributed by atoms with Gasteiger partial charge in [0.25, 0.3) is 5.56 Å². The third kappa shape index (κ3) is 2.56. The number of anilines is 1. The minimum atomic E-state index is -0.530. The van der Waals surface area contributed by atoms with Gasteiger partial charge in [0, 0.05) is 6.54 Å². The summed E-state index contributed by atoms with van der Waals surface area (Å²) in [6.07, 6.45) is 5.01. The predicted octanol–water partition coefficient (Wildman–Crippen LogP) is 1.18. The zero-order valence-electron chi connectivity index (χ0n) is 12.4. The molecule has 8 heteroatoms. The van der Waals surface area contributed by atoms with Crippen molar-refractivity contribution in [1.29, 1.82) is 0 Å². The van der Waals surface area contributed by atoms with E-state index in [9.17, 15) is 9.59 Å². The Labute approximate surface area is 126 Å². The van der Waals surface area contributed by atoms with Gasteiger partial charge in [0.1, 0.15) is 5.39 Å². The first kappa shape index (κ1) is 14.6. The van der Waals surface area contributed by atoms with E-state index in [2.05, 4.69) is 25.5 Å². The van der Waals surface area contributed by atoms with Gasteiger partial charge in [-0.2, -0.15) is 10.1 Å². The lowest BCUT2D eigenvalue weighted by molar-refractivity contribution is -0.154. The SMILES string of the molecule is CCOC(=O)C1(CNc2nc3[nH]ncc3c(=O)[nH]2)CCCC1. The molecule has 3 N–H and O–H groups in total. The molecule has 2 heterocycles. The maximum absolute atomic E-state index is 12.3. The number of nitrogens with one attached hydrogen (secondary N) is 3. The van der Waals surface area contributed by atoms with Crippen LogP contribution in [0.2, 0.25) is 0 Å². The van der Waals surface area contributed by atoms with E-state index in [4.69, 9.17) is 4.74 Å². The summed E-state index contributed by atoms with van der Waals surface area (Å²) < 4.78 is 5.21. The van der Waals surface area contributed by atoms with Gasteiger partial charge in [0.2, 0.25) is 5.95 Å². The zero-order chi connectivity index (χ0) is 15.6. The third-order valence-corrected chi connectivity index (χ3v) is 4.18. The van der Waals surface area contributed by atoms with Gasteiger partial charge in [-0.05, 0) is 19.8 Å². The van der Waals surface area contributed by atoms with Gasteiger partial charge < -0.3 is 10.1 Å². The monoisotopic (exact) mass is 305 g/mol. The van der Waals surface area contributed by atoms with Crippen molar-refractivity contribution in [3.05, 3.63) is 16.6 Å². The van der Waals surface area contributed by atoms with E-state index in [1.165, 1.54) is 6.20 Å². The molecule has 0 bridgehead atoms. The molecule has 1 saturated carbocycles. The lowest BCUT2D eigenvalue weighted by Gasteiger charge is -2.26. The van der Waals surface area contributed by atoms with Gasteiger partial charge in [0.05, 0.1) is 18.2 Å². The van der Waals surface area contributed by atoms with Crippen molar-refractivity contribution in [2.75, 3.05) is 18.5 Å². The first-order valence-electron chi connectivity index (χ1n) is 7.49. The van der Waals surface area contributed by atoms with Crippen LogP contribution in [0.1, 0.15) is 32.6 Å². The molecule has 1 aliphatic rings. The van der Waals surface area contributed by atoms with E-state index in [1.54, 1.807) is 6.92 Å². The van der Waals surface area contributed by atoms with Crippen LogP contribution in [-0.2, 0) is 9.53 Å². The molecule has 0 aromatic carbocycles. The number of H-pyrrole nitrogens is 2. The summed E-state index contributed by atoms with van der Waals surface area (Å²) in [6.45, 7) is 2.57. The first-order valence-corrected chi connectivity index (χ1v) is 7.49. The number of rotatable bonds is 5. The molecule has 8 nitrogen and oxygen atoms in total. The number of ether oxygens (including phenoxy) is 1. The average Bonchev–Trinajstić information content (AvgIpc) is 3.15. The number of hydrogen-bond donors (Lipinski definition) is 3. The first-order chi connectivity index (χ1) is 10.6. The number of carbonyl (C=O) groups excluding carboxylic acids is 1. The molecule has 3 rings (SSSR count). The highest BCUT2D eigenvalue weighted by Crippen LogP contribution is 2.39. The van der Waals surface area contributed by atoms with E-state index >= 15 is 0 Å². The van der Waals surface area contributed by atoms with Gasteiger partial charge in [-0.15, -0.1) is 0 Å². The van der Waals surface area contributed by atoms with Crippen molar-refractivity contribution in [2.24, 2.45) is 5.41 Å². The minimum Gasteiger partial charge on any atom is -0.466 e. The third-order valence-electron chi connectivity index (χ3n) is 4.18. The summed E-state index contributed by atoms with van der Waals surface area (Å²) in [7, 11) is 0. The second-order valence-electron chi connectivity index (χ2n) is 5.61. The van der Waals surface area contributed by atoms with E-state index in [-0.39, 0.29) is 11.5 Å². The molecule has 0 aliphatic heterocycles. The van der Waals surface area contributed by atoms with Crippen LogP contribution < -0.4 is 10.9 Å². The highest BCUT2D eigenvalue weighted by Gasteiger charge is 2.42. The zero-order valence-corrected chi connectivity index (χ0v) is 12.4. The number of aromatic amines is 2. The molecule has 0 unspecified atom stereocenters. The molecule has 1 aliphatic carbocycles. The minimum absolute atomic E-state index is 0.176. The molecule has 22 heavy (non-hydrogen) atoms. The van der Waals surface area contributed by atoms with Gasteiger partial charge in [0.15, 0.2) is 5.65 Å². The number of fused-ring (bicyclic) bond motifs is 1. The summed E-state index contributed by atoms with van der Waals surface area (Å²) in [5.74, 6) is 0.155. The maximum Gasteiger partial charge on any atom is 0.313 e. The summed E-state index contributed by atoms with van der Waals surface area (Å²) in [5, 5.41) is 9.95. The van der Waals surface area contributed by atoms with Crippen molar-refractivity contribution >= 4 is 23.0 Å². The lowest BCUT2D eigenvalue weighted by Crippen LogP contribution is -2.37. The number of carbonyl (C=O) groups is 1. The second-order valence-corrected chi connectivity index (χ2v) is 5.61. The van der Waals surface area contributed by atoms with Gasteiger partial charge in [-0.1, -0.05) is 12.8 Å². The molecule has 118 valence electrons. The van der Waals surface area contributed by atoms with Crippen molar-refractivity contribution in [2.45, 2.75) is 32.6 Å². The molecule has 0 saturated heterocycles. The number of esters is 1. The highest BCUT2D eigenvalue weighted by atomic mass is 16.5. The fraction of sp³-hybridized carbons (Fsp3) is 0.571. The predicted molar refractivity (Wildman–Crippen MR) is 80.5 cm³/mol. The van der Waals surface area contributed by atoms with Crippen LogP contribution in [0.25, 0.3) is 11.0 Å². The van der Waals surface area contributed by atoms with Crippen molar-refractivity contribution in [3.8, 4) is 0 Å². The summed E-state index contributed by atoms with van der Waals surface area (Å²) in [6, 6.07) is 0. The summed E-state index contributed by atoms with van der Waals surface area (Å²) in [4.78, 5) is 31.1. The normalized spacial score (nSPS) is 16.8. The largest absolute Gasteiger partial charge is 0.466 e. The standard InChI is InChI=1S/C14H19N5O3/c1-2-22-12(21)14(5-3-4-6-14)8-15-13-17-10-9(7-16-19-10)11(20)18-13/h7H,2-6,8H2,1H3,(H3,15,16,17,18,19,20). The fourth-order valence-electron chi connectivity index (χ4n) is 2.97. The smallest absolute Gasteiger partial charge is 0.313 e. The topological polar surface area (TPSA) is 113 Å². The second kappa shape index (κ2) is 5.78. The molecule has 0 atom stereocenters. The molecule has 0 spiro atoms. The Bertz CT molecular complexity index is 729. The highest BCUT2D eigenvalue weighted by molar-refractivity contribution is 5.78. The average molecular weight is 305 g/mol. The van der Waals surface area contributed by atoms with Gasteiger partial charge >= 0.3 is 5.97 Å². The van der Waals surface area contributed by atoms with Crippen LogP contribution in [0.5, 0.6) is 0 Å². The van der Waals surface area contributed by atoms with Crippen LogP contribution in [0, 0.1) is 5.41 Å². The number of nitrogens with zero attached hydrogens (tertiary/aromatic N) is 2. The van der Waals surface area contributed by atoms with E-state index in [0.29, 0.717) is 30.1 Å². The molecule has 1 fully saturated rings. The van der Waals surface area contributed by atoms with Crippen LogP contribution in [0.4, 0.5) is 5.95 Å². The Morgan fingerprint density at radius 2 is 2.23 bits per heavy atom. The lowest BCUT2D eigenvalue weighted by atomic mass is 9.86. The number of hydrogen-bond acceptors (Lipinski definition) is 6. The van der Waals surface area contributed by atoms with Crippen LogP contribution in [0.15, 0.2) is 11.0 Å². The Morgan fingerprint density at radius 1 is 1.45 bits per heavy atom. The molecular weight excluding hydrogens is 286 g/mol. The molecule has 2 aromatic heterocycles. The quantitative estimate of drug-likeness (QED) is 0.715. The molecule has 2 aromatic rings. The van der Waals surface area contributed by atoms with Crippen LogP contribution in [-0.4, -0.2) is 39.3 Å². The summed E-state index contributed by atoms with van der Waals surface area (Å²) >= 11 is 0. The van der Waals surface area contributed by atoms with Crippen LogP contribution >= 0.6 is 0 Å². The van der Waals surface area contributed by atoms with E-state index in [0.717, 1.165) is 25.7 Å². The van der Waals surface area contributed by atoms with Crippen LogP contribution in [0.3, 0.4) is 0 Å². The van der Waals surface area contributed by atoms with Crippen molar-refractivity contribution in [1.82, 2.24) is 20.2 Å². The Hall–Kier alpha value is -2.38. The summed E-state index contributed by atoms with van der Waals surface area (Å²) in [5.41, 5.74) is -0.377. The Morgan fingerprint density at radius 3 is 2.95 bits per heavy atom. The van der Waals surface area contributed by atoms with E-state index in [1.807, 2.05) is 0 Å². The Kier molecular flexibility index (Phi) is 3.82. The molecule has 0 amide bonds. The van der Waals surface area contributed by atoms with E-state index < -0.39 is 5.41 Å². The maximum atomic E-state index is 12.3. The molecule has 0 radical (unpaired) electrons. The van der Waals surface area contributed by atoms with Gasteiger partial charge in [-0.25, -0.2) is 0 Å². The van der Waals surface area contributed by atoms with Crippen molar-refractivity contribution < 1.29 is 9.53 Å².